The number of nitrogens with one attached hydrogen (secondary N) is 1. The molecule has 112 valence electrons. The molecule has 21 heavy (non-hydrogen) atoms. The monoisotopic (exact) mass is 289 g/mol. The standard InChI is InChI=1S/C15H19N3O3/c1-9(2)18-8-10(15(21)17-6-7-19)14(20)13-11(16)4-3-5-12(13)18/h3-5,8-9,19H,6-7,16H2,1-2H3,(H,17,21). The van der Waals surface area contributed by atoms with E-state index in [1.165, 1.54) is 0 Å². The fourth-order valence-corrected chi connectivity index (χ4v) is 2.28. The number of nitrogens with two attached hydrogens (primary N) is 1. The summed E-state index contributed by atoms with van der Waals surface area (Å²) in [6.07, 6.45) is 1.54. The van der Waals surface area contributed by atoms with E-state index < -0.39 is 11.3 Å². The highest BCUT2D eigenvalue weighted by atomic mass is 16.3. The van der Waals surface area contributed by atoms with E-state index >= 15 is 0 Å². The molecule has 2 rings (SSSR count). The van der Waals surface area contributed by atoms with Crippen LogP contribution in [-0.4, -0.2) is 28.7 Å². The number of hydrogen-bond acceptors (Lipinski definition) is 4. The summed E-state index contributed by atoms with van der Waals surface area (Å²) in [7, 11) is 0. The number of rotatable bonds is 4. The molecule has 0 saturated heterocycles. The summed E-state index contributed by atoms with van der Waals surface area (Å²) in [6.45, 7) is 3.84. The number of pyridine rings is 1. The molecule has 6 heteroatoms. The van der Waals surface area contributed by atoms with E-state index in [1.807, 2.05) is 24.5 Å². The summed E-state index contributed by atoms with van der Waals surface area (Å²) in [5, 5.41) is 11.6. The minimum atomic E-state index is -0.506. The molecule has 0 fully saturated rings. The van der Waals surface area contributed by atoms with Crippen molar-refractivity contribution in [2.24, 2.45) is 0 Å². The molecular weight excluding hydrogens is 270 g/mol. The number of nitrogen functional groups attached to an aromatic ring is 1. The summed E-state index contributed by atoms with van der Waals surface area (Å²) in [4.78, 5) is 24.6. The van der Waals surface area contributed by atoms with Crippen LogP contribution in [0.15, 0.2) is 29.2 Å². The first kappa shape index (κ1) is 15.1. The molecule has 0 aliphatic heterocycles. The van der Waals surface area contributed by atoms with Gasteiger partial charge in [0.1, 0.15) is 5.56 Å². The SMILES string of the molecule is CC(C)n1cc(C(=O)NCCO)c(=O)c2c(N)cccc21. The molecular formula is C15H19N3O3. The second-order valence-electron chi connectivity index (χ2n) is 5.09. The molecule has 2 aromatic rings. The maximum absolute atomic E-state index is 12.5. The topological polar surface area (TPSA) is 97.4 Å². The van der Waals surface area contributed by atoms with Crippen LogP contribution >= 0.6 is 0 Å². The number of aromatic nitrogens is 1. The number of nitrogens with zero attached hydrogens (tertiary/aromatic N) is 1. The minimum Gasteiger partial charge on any atom is -0.398 e. The fourth-order valence-electron chi connectivity index (χ4n) is 2.28. The summed E-state index contributed by atoms with van der Waals surface area (Å²) >= 11 is 0. The molecule has 0 atom stereocenters. The Kier molecular flexibility index (Phi) is 4.28. The van der Waals surface area contributed by atoms with Gasteiger partial charge in [0.2, 0.25) is 5.43 Å². The largest absolute Gasteiger partial charge is 0.398 e. The Morgan fingerprint density at radius 1 is 1.43 bits per heavy atom. The van der Waals surface area contributed by atoms with Crippen LogP contribution in [0.2, 0.25) is 0 Å². The van der Waals surface area contributed by atoms with Crippen LogP contribution in [0.5, 0.6) is 0 Å². The van der Waals surface area contributed by atoms with Gasteiger partial charge < -0.3 is 20.7 Å². The van der Waals surface area contributed by atoms with Crippen molar-refractivity contribution in [2.75, 3.05) is 18.9 Å². The maximum atomic E-state index is 12.5. The fraction of sp³-hybridized carbons (Fsp3) is 0.333. The Bertz CT molecular complexity index is 735. The quantitative estimate of drug-likeness (QED) is 0.728. The third kappa shape index (κ3) is 2.75. The van der Waals surface area contributed by atoms with Crippen molar-refractivity contribution < 1.29 is 9.90 Å². The van der Waals surface area contributed by atoms with Crippen LogP contribution in [0.4, 0.5) is 5.69 Å². The molecule has 1 aromatic heterocycles. The van der Waals surface area contributed by atoms with Crippen molar-refractivity contribution in [3.8, 4) is 0 Å². The number of aliphatic hydroxyl groups is 1. The van der Waals surface area contributed by atoms with Gasteiger partial charge in [-0.25, -0.2) is 0 Å². The summed E-state index contributed by atoms with van der Waals surface area (Å²) in [6, 6.07) is 5.30. The lowest BCUT2D eigenvalue weighted by Gasteiger charge is -2.17. The molecule has 0 bridgehead atoms. The van der Waals surface area contributed by atoms with Crippen molar-refractivity contribution in [3.05, 3.63) is 40.2 Å². The highest BCUT2D eigenvalue weighted by molar-refractivity contribution is 6.00. The van der Waals surface area contributed by atoms with Gasteiger partial charge in [-0.3, -0.25) is 9.59 Å². The highest BCUT2D eigenvalue weighted by Crippen LogP contribution is 2.21. The minimum absolute atomic E-state index is 0.0301. The van der Waals surface area contributed by atoms with Crippen LogP contribution in [0.25, 0.3) is 10.9 Å². The molecule has 4 N–H and O–H groups in total. The molecule has 1 heterocycles. The van der Waals surface area contributed by atoms with Crippen molar-refractivity contribution in [1.29, 1.82) is 0 Å². The first-order valence-corrected chi connectivity index (χ1v) is 6.79. The Balaban J connectivity index is 2.73. The van der Waals surface area contributed by atoms with Gasteiger partial charge in [0, 0.05) is 24.5 Å². The van der Waals surface area contributed by atoms with Crippen LogP contribution in [0.3, 0.4) is 0 Å². The number of anilines is 1. The Labute approximate surface area is 122 Å². The first-order chi connectivity index (χ1) is 9.97. The molecule has 1 amide bonds. The van der Waals surface area contributed by atoms with Gasteiger partial charge in [0.15, 0.2) is 0 Å². The van der Waals surface area contributed by atoms with E-state index in [0.29, 0.717) is 16.6 Å². The van der Waals surface area contributed by atoms with E-state index in [0.717, 1.165) is 0 Å². The normalized spacial score (nSPS) is 11.0. The van der Waals surface area contributed by atoms with E-state index in [2.05, 4.69) is 5.32 Å². The molecule has 1 aromatic carbocycles. The van der Waals surface area contributed by atoms with E-state index in [-0.39, 0.29) is 24.8 Å². The number of carbonyl (C=O) groups is 1. The average molecular weight is 289 g/mol. The lowest BCUT2D eigenvalue weighted by atomic mass is 10.1. The zero-order valence-electron chi connectivity index (χ0n) is 12.1. The van der Waals surface area contributed by atoms with Crippen molar-refractivity contribution in [3.63, 3.8) is 0 Å². The highest BCUT2D eigenvalue weighted by Gasteiger charge is 2.17. The second-order valence-corrected chi connectivity index (χ2v) is 5.09. The lowest BCUT2D eigenvalue weighted by Crippen LogP contribution is -2.32. The van der Waals surface area contributed by atoms with Gasteiger partial charge >= 0.3 is 0 Å². The summed E-state index contributed by atoms with van der Waals surface area (Å²) in [5.41, 5.74) is 6.60. The van der Waals surface area contributed by atoms with Gasteiger partial charge in [-0.05, 0) is 26.0 Å². The summed E-state index contributed by atoms with van der Waals surface area (Å²) in [5.74, 6) is -0.506. The molecule has 0 radical (unpaired) electrons. The number of hydrogen-bond donors (Lipinski definition) is 3. The number of benzene rings is 1. The van der Waals surface area contributed by atoms with Gasteiger partial charge in [-0.2, -0.15) is 0 Å². The van der Waals surface area contributed by atoms with E-state index in [4.69, 9.17) is 10.8 Å². The Morgan fingerprint density at radius 3 is 2.76 bits per heavy atom. The van der Waals surface area contributed by atoms with E-state index in [9.17, 15) is 9.59 Å². The third-order valence-corrected chi connectivity index (χ3v) is 3.29. The van der Waals surface area contributed by atoms with Crippen molar-refractivity contribution >= 4 is 22.5 Å². The number of aliphatic hydroxyl groups excluding tert-OH is 1. The average Bonchev–Trinajstić information content (AvgIpc) is 2.44. The van der Waals surface area contributed by atoms with Gasteiger partial charge in [0.25, 0.3) is 5.91 Å². The van der Waals surface area contributed by atoms with Crippen LogP contribution < -0.4 is 16.5 Å². The molecule has 0 spiro atoms. The van der Waals surface area contributed by atoms with Crippen LogP contribution in [0, 0.1) is 0 Å². The van der Waals surface area contributed by atoms with Gasteiger partial charge in [0.05, 0.1) is 17.5 Å². The van der Waals surface area contributed by atoms with Gasteiger partial charge in [-0.15, -0.1) is 0 Å². The Hall–Kier alpha value is -2.34. The van der Waals surface area contributed by atoms with Crippen LogP contribution in [-0.2, 0) is 0 Å². The number of carbonyl (C=O) groups excluding carboxylic acids is 1. The predicted molar refractivity (Wildman–Crippen MR) is 82.4 cm³/mol. The lowest BCUT2D eigenvalue weighted by molar-refractivity contribution is 0.0943. The van der Waals surface area contributed by atoms with Crippen LogP contribution in [0.1, 0.15) is 30.2 Å². The number of fused-ring (bicyclic) bond motifs is 1. The maximum Gasteiger partial charge on any atom is 0.256 e. The van der Waals surface area contributed by atoms with Crippen molar-refractivity contribution in [1.82, 2.24) is 9.88 Å². The van der Waals surface area contributed by atoms with E-state index in [1.54, 1.807) is 18.3 Å². The first-order valence-electron chi connectivity index (χ1n) is 6.79. The Morgan fingerprint density at radius 2 is 2.14 bits per heavy atom. The molecule has 0 saturated carbocycles. The zero-order chi connectivity index (χ0) is 15.6. The smallest absolute Gasteiger partial charge is 0.256 e. The molecule has 6 nitrogen and oxygen atoms in total. The molecule has 0 aliphatic rings. The molecule has 0 aliphatic carbocycles. The third-order valence-electron chi connectivity index (χ3n) is 3.29. The second kappa shape index (κ2) is 5.97. The van der Waals surface area contributed by atoms with Gasteiger partial charge in [-0.1, -0.05) is 6.07 Å². The number of amides is 1. The zero-order valence-corrected chi connectivity index (χ0v) is 12.1. The predicted octanol–water partition coefficient (Wildman–Crippen LogP) is 0.887. The van der Waals surface area contributed by atoms with Crippen molar-refractivity contribution in [2.45, 2.75) is 19.9 Å². The molecule has 0 unspecified atom stereocenters. The summed E-state index contributed by atoms with van der Waals surface area (Å²) < 4.78 is 1.85.